The van der Waals surface area contributed by atoms with Crippen LogP contribution < -0.4 is 0 Å². The van der Waals surface area contributed by atoms with Crippen molar-refractivity contribution in [3.8, 4) is 0 Å². The summed E-state index contributed by atoms with van der Waals surface area (Å²) in [5, 5.41) is 9.91. The molecule has 0 saturated heterocycles. The van der Waals surface area contributed by atoms with E-state index in [4.69, 9.17) is 4.74 Å². The van der Waals surface area contributed by atoms with Gasteiger partial charge in [-0.05, 0) is 23.1 Å². The monoisotopic (exact) mass is 256 g/mol. The van der Waals surface area contributed by atoms with Gasteiger partial charge in [0.1, 0.15) is 9.84 Å². The third kappa shape index (κ3) is 3.28. The van der Waals surface area contributed by atoms with Crippen LogP contribution in [0.2, 0.25) is 0 Å². The van der Waals surface area contributed by atoms with E-state index in [1.54, 1.807) is 0 Å². The first kappa shape index (κ1) is 12.5. The van der Waals surface area contributed by atoms with Crippen LogP contribution in [0, 0.1) is 0 Å². The van der Waals surface area contributed by atoms with E-state index in [0.29, 0.717) is 13.2 Å². The molecule has 0 fully saturated rings. The molecule has 94 valence electrons. The summed E-state index contributed by atoms with van der Waals surface area (Å²) < 4.78 is 27.3. The molecule has 1 aliphatic heterocycles. The van der Waals surface area contributed by atoms with E-state index in [1.165, 1.54) is 6.26 Å². The Morgan fingerprint density at radius 1 is 1.35 bits per heavy atom. The number of fused-ring (bicyclic) bond motifs is 1. The summed E-state index contributed by atoms with van der Waals surface area (Å²) in [7, 11) is -3.02. The van der Waals surface area contributed by atoms with E-state index in [1.807, 2.05) is 18.2 Å². The number of rotatable bonds is 4. The van der Waals surface area contributed by atoms with Crippen LogP contribution >= 0.6 is 0 Å². The molecule has 1 atom stereocenters. The molecule has 1 N–H and O–H groups in total. The highest BCUT2D eigenvalue weighted by atomic mass is 32.2. The normalized spacial score (nSPS) is 16.8. The third-order valence-corrected chi connectivity index (χ3v) is 3.87. The summed E-state index contributed by atoms with van der Waals surface area (Å²) in [5.41, 5.74) is 2.99. The van der Waals surface area contributed by atoms with E-state index < -0.39 is 15.9 Å². The fourth-order valence-electron chi connectivity index (χ4n) is 1.89. The number of benzene rings is 1. The summed E-state index contributed by atoms with van der Waals surface area (Å²) >= 11 is 0. The van der Waals surface area contributed by atoms with Crippen molar-refractivity contribution in [2.75, 3.05) is 12.0 Å². The van der Waals surface area contributed by atoms with Gasteiger partial charge >= 0.3 is 0 Å². The van der Waals surface area contributed by atoms with Crippen molar-refractivity contribution in [2.24, 2.45) is 0 Å². The van der Waals surface area contributed by atoms with Crippen molar-refractivity contribution in [2.45, 2.75) is 25.7 Å². The molecule has 0 aliphatic carbocycles. The van der Waals surface area contributed by atoms with Crippen LogP contribution in [0.3, 0.4) is 0 Å². The third-order valence-electron chi connectivity index (χ3n) is 2.89. The molecule has 0 aromatic heterocycles. The van der Waals surface area contributed by atoms with E-state index in [0.717, 1.165) is 16.7 Å². The molecule has 1 aliphatic rings. The topological polar surface area (TPSA) is 63.6 Å². The van der Waals surface area contributed by atoms with Crippen LogP contribution in [-0.4, -0.2) is 25.5 Å². The molecule has 1 unspecified atom stereocenters. The van der Waals surface area contributed by atoms with Crippen molar-refractivity contribution in [3.05, 3.63) is 34.9 Å². The van der Waals surface area contributed by atoms with Crippen LogP contribution in [0.25, 0.3) is 0 Å². The smallest absolute Gasteiger partial charge is 0.147 e. The van der Waals surface area contributed by atoms with Crippen molar-refractivity contribution < 1.29 is 18.3 Å². The Balaban J connectivity index is 2.07. The summed E-state index contributed by atoms with van der Waals surface area (Å²) in [6.45, 7) is 1.19. The standard InChI is InChI=1S/C12H16O4S/c1-17(14,15)5-4-12(13)9-2-3-10-7-16-8-11(10)6-9/h2-3,6,12-13H,4-5,7-8H2,1H3. The van der Waals surface area contributed by atoms with Gasteiger partial charge < -0.3 is 9.84 Å². The maximum absolute atomic E-state index is 11.0. The van der Waals surface area contributed by atoms with Crippen LogP contribution in [-0.2, 0) is 27.8 Å². The van der Waals surface area contributed by atoms with Gasteiger partial charge in [-0.2, -0.15) is 0 Å². The highest BCUT2D eigenvalue weighted by Gasteiger charge is 2.16. The van der Waals surface area contributed by atoms with Crippen LogP contribution in [0.4, 0.5) is 0 Å². The molecule has 0 amide bonds. The van der Waals surface area contributed by atoms with E-state index in [9.17, 15) is 13.5 Å². The number of sulfone groups is 1. The first-order valence-electron chi connectivity index (χ1n) is 5.51. The van der Waals surface area contributed by atoms with Gasteiger partial charge in [0.25, 0.3) is 0 Å². The van der Waals surface area contributed by atoms with Crippen molar-refractivity contribution in [1.29, 1.82) is 0 Å². The number of aliphatic hydroxyl groups is 1. The maximum Gasteiger partial charge on any atom is 0.147 e. The quantitative estimate of drug-likeness (QED) is 0.878. The first-order valence-corrected chi connectivity index (χ1v) is 7.57. The Morgan fingerprint density at radius 2 is 2.06 bits per heavy atom. The number of hydrogen-bond acceptors (Lipinski definition) is 4. The van der Waals surface area contributed by atoms with Gasteiger partial charge in [-0.1, -0.05) is 18.2 Å². The molecule has 0 saturated carbocycles. The molecule has 1 aromatic carbocycles. The molecule has 1 heterocycles. The van der Waals surface area contributed by atoms with Gasteiger partial charge in [0.05, 0.1) is 25.1 Å². The lowest BCUT2D eigenvalue weighted by Gasteiger charge is -2.11. The average Bonchev–Trinajstić information content (AvgIpc) is 2.71. The lowest BCUT2D eigenvalue weighted by molar-refractivity contribution is 0.134. The van der Waals surface area contributed by atoms with Crippen LogP contribution in [0.1, 0.15) is 29.2 Å². The zero-order valence-corrected chi connectivity index (χ0v) is 10.5. The van der Waals surface area contributed by atoms with E-state index in [2.05, 4.69) is 0 Å². The van der Waals surface area contributed by atoms with Gasteiger partial charge in [-0.25, -0.2) is 8.42 Å². The molecule has 17 heavy (non-hydrogen) atoms. The summed E-state index contributed by atoms with van der Waals surface area (Å²) in [4.78, 5) is 0. The first-order chi connectivity index (χ1) is 7.96. The van der Waals surface area contributed by atoms with Gasteiger partial charge in [-0.3, -0.25) is 0 Å². The fraction of sp³-hybridized carbons (Fsp3) is 0.500. The zero-order chi connectivity index (χ0) is 12.5. The highest BCUT2D eigenvalue weighted by Crippen LogP contribution is 2.25. The van der Waals surface area contributed by atoms with E-state index >= 15 is 0 Å². The molecule has 0 radical (unpaired) electrons. The molecule has 1 aromatic rings. The Morgan fingerprint density at radius 3 is 2.76 bits per heavy atom. The summed E-state index contributed by atoms with van der Waals surface area (Å²) in [5.74, 6) is 0.00174. The molecule has 5 heteroatoms. The Hall–Kier alpha value is -0.910. The molecule has 4 nitrogen and oxygen atoms in total. The number of hydrogen-bond donors (Lipinski definition) is 1. The van der Waals surface area contributed by atoms with E-state index in [-0.39, 0.29) is 12.2 Å². The maximum atomic E-state index is 11.0. The van der Waals surface area contributed by atoms with Gasteiger partial charge in [0.15, 0.2) is 0 Å². The van der Waals surface area contributed by atoms with Crippen molar-refractivity contribution >= 4 is 9.84 Å². The molecular formula is C12H16O4S. The largest absolute Gasteiger partial charge is 0.388 e. The van der Waals surface area contributed by atoms with Crippen molar-refractivity contribution in [3.63, 3.8) is 0 Å². The predicted octanol–water partition coefficient (Wildman–Crippen LogP) is 1.18. The Bertz CT molecular complexity index is 507. The molecule has 0 bridgehead atoms. The second-order valence-electron chi connectivity index (χ2n) is 4.46. The highest BCUT2D eigenvalue weighted by molar-refractivity contribution is 7.90. The zero-order valence-electron chi connectivity index (χ0n) is 9.72. The SMILES string of the molecule is CS(=O)(=O)CCC(O)c1ccc2c(c1)COC2. The minimum atomic E-state index is -3.02. The summed E-state index contributed by atoms with van der Waals surface area (Å²) in [6.07, 6.45) is 0.685. The lowest BCUT2D eigenvalue weighted by atomic mass is 10.0. The van der Waals surface area contributed by atoms with Crippen LogP contribution in [0.15, 0.2) is 18.2 Å². The average molecular weight is 256 g/mol. The van der Waals surface area contributed by atoms with Gasteiger partial charge in [0.2, 0.25) is 0 Å². The molecule has 0 spiro atoms. The Kier molecular flexibility index (Phi) is 3.51. The minimum absolute atomic E-state index is 0.00174. The lowest BCUT2D eigenvalue weighted by Crippen LogP contribution is -2.08. The van der Waals surface area contributed by atoms with Gasteiger partial charge in [-0.15, -0.1) is 0 Å². The van der Waals surface area contributed by atoms with Crippen LogP contribution in [0.5, 0.6) is 0 Å². The second kappa shape index (κ2) is 4.76. The Labute approximate surface area is 101 Å². The van der Waals surface area contributed by atoms with Gasteiger partial charge in [0, 0.05) is 6.26 Å². The summed E-state index contributed by atoms with van der Waals surface area (Å²) in [6, 6.07) is 5.66. The molecule has 2 rings (SSSR count). The second-order valence-corrected chi connectivity index (χ2v) is 6.72. The predicted molar refractivity (Wildman–Crippen MR) is 64.2 cm³/mol. The molecular weight excluding hydrogens is 240 g/mol. The number of ether oxygens (including phenoxy) is 1. The fourth-order valence-corrected chi connectivity index (χ4v) is 2.54. The number of aliphatic hydroxyl groups excluding tert-OH is 1. The van der Waals surface area contributed by atoms with Crippen molar-refractivity contribution in [1.82, 2.24) is 0 Å². The minimum Gasteiger partial charge on any atom is -0.388 e.